The van der Waals surface area contributed by atoms with Gasteiger partial charge in [-0.15, -0.1) is 0 Å². The van der Waals surface area contributed by atoms with Crippen LogP contribution in [0.5, 0.6) is 0 Å². The highest BCUT2D eigenvalue weighted by molar-refractivity contribution is 5.83. The molecule has 174 valence electrons. The highest BCUT2D eigenvalue weighted by Gasteiger charge is 2.34. The summed E-state index contributed by atoms with van der Waals surface area (Å²) in [6.07, 6.45) is 0.450. The quantitative estimate of drug-likeness (QED) is 0.307. The molecule has 3 rings (SSSR count). The average molecular weight is 462 g/mol. The van der Waals surface area contributed by atoms with Gasteiger partial charge in [-0.2, -0.15) is 13.2 Å². The number of hydrogen-bond donors (Lipinski definition) is 0. The van der Waals surface area contributed by atoms with Crippen LogP contribution in [-0.4, -0.2) is 0 Å². The van der Waals surface area contributed by atoms with Crippen molar-refractivity contribution in [2.75, 3.05) is 0 Å². The Morgan fingerprint density at radius 3 is 1.94 bits per heavy atom. The van der Waals surface area contributed by atoms with Crippen LogP contribution in [0.1, 0.15) is 73.6 Å². The first kappa shape index (κ1) is 24.3. The van der Waals surface area contributed by atoms with Gasteiger partial charge in [-0.05, 0) is 67.3 Å². The number of alkyl halides is 3. The molecule has 0 unspecified atom stereocenters. The molecule has 0 amide bonds. The van der Waals surface area contributed by atoms with Crippen molar-refractivity contribution in [1.82, 2.24) is 0 Å². The Labute approximate surface area is 180 Å². The molecule has 0 N–H and O–H groups in total. The Kier molecular flexibility index (Phi) is 7.30. The zero-order valence-electron chi connectivity index (χ0n) is 17.3. The van der Waals surface area contributed by atoms with Gasteiger partial charge in [-0.1, -0.05) is 25.8 Å². The van der Waals surface area contributed by atoms with E-state index in [0.29, 0.717) is 17.5 Å². The van der Waals surface area contributed by atoms with Crippen LogP contribution in [0.2, 0.25) is 0 Å². The Morgan fingerprint density at radius 2 is 1.44 bits per heavy atom. The minimum absolute atomic E-state index is 0.0953. The van der Waals surface area contributed by atoms with Gasteiger partial charge in [0.1, 0.15) is 17.5 Å². The van der Waals surface area contributed by atoms with Crippen molar-refractivity contribution >= 4 is 11.7 Å². The van der Waals surface area contributed by atoms with Crippen molar-refractivity contribution in [3.05, 3.63) is 70.0 Å². The first-order valence-corrected chi connectivity index (χ1v) is 10.4. The smallest absolute Gasteiger partial charge is 0.206 e. The number of hydrogen-bond acceptors (Lipinski definition) is 0. The summed E-state index contributed by atoms with van der Waals surface area (Å²) >= 11 is 0. The van der Waals surface area contributed by atoms with Gasteiger partial charge in [0.2, 0.25) is 0 Å². The van der Waals surface area contributed by atoms with E-state index >= 15 is 0 Å². The highest BCUT2D eigenvalue weighted by atomic mass is 19.4. The van der Waals surface area contributed by atoms with Gasteiger partial charge in [0.05, 0.1) is 11.1 Å². The molecule has 0 saturated heterocycles. The molecule has 1 saturated carbocycles. The third-order valence-electron chi connectivity index (χ3n) is 6.02. The topological polar surface area (TPSA) is 0 Å². The predicted octanol–water partition coefficient (Wildman–Crippen LogP) is 8.96. The Balaban J connectivity index is 1.89. The van der Waals surface area contributed by atoms with E-state index in [9.17, 15) is 35.1 Å². The van der Waals surface area contributed by atoms with Crippen molar-refractivity contribution in [3.8, 4) is 0 Å². The summed E-state index contributed by atoms with van der Waals surface area (Å²) in [4.78, 5) is 0. The molecular formula is C24H22F8. The van der Waals surface area contributed by atoms with Gasteiger partial charge in [0.15, 0.2) is 11.7 Å². The maximum Gasteiger partial charge on any atom is 0.419 e. The molecule has 2 aromatic rings. The van der Waals surface area contributed by atoms with E-state index in [0.717, 1.165) is 50.7 Å². The molecule has 1 fully saturated rings. The predicted molar refractivity (Wildman–Crippen MR) is 106 cm³/mol. The van der Waals surface area contributed by atoms with E-state index in [1.165, 1.54) is 0 Å². The second kappa shape index (κ2) is 9.63. The van der Waals surface area contributed by atoms with Gasteiger partial charge >= 0.3 is 6.18 Å². The second-order valence-corrected chi connectivity index (χ2v) is 8.19. The minimum atomic E-state index is -5.02. The highest BCUT2D eigenvalue weighted by Crippen LogP contribution is 2.40. The molecule has 0 spiro atoms. The van der Waals surface area contributed by atoms with Crippen LogP contribution in [0.25, 0.3) is 11.7 Å². The maximum absolute atomic E-state index is 14.6. The molecule has 2 aromatic carbocycles. The van der Waals surface area contributed by atoms with E-state index in [2.05, 4.69) is 6.92 Å². The van der Waals surface area contributed by atoms with Crippen LogP contribution < -0.4 is 0 Å². The van der Waals surface area contributed by atoms with Gasteiger partial charge in [0, 0.05) is 5.56 Å². The normalized spacial score (nSPS) is 20.3. The Morgan fingerprint density at radius 1 is 0.844 bits per heavy atom. The third-order valence-corrected chi connectivity index (χ3v) is 6.02. The molecule has 1 aliphatic carbocycles. The molecule has 0 aliphatic heterocycles. The van der Waals surface area contributed by atoms with Crippen LogP contribution >= 0.6 is 0 Å². The molecule has 0 aromatic heterocycles. The number of rotatable bonds is 5. The fraction of sp³-hybridized carbons (Fsp3) is 0.417. The van der Waals surface area contributed by atoms with E-state index < -0.39 is 52.0 Å². The maximum atomic E-state index is 14.6. The van der Waals surface area contributed by atoms with Crippen molar-refractivity contribution in [2.24, 2.45) is 5.92 Å². The molecule has 0 bridgehead atoms. The van der Waals surface area contributed by atoms with Crippen LogP contribution in [0.3, 0.4) is 0 Å². The summed E-state index contributed by atoms with van der Waals surface area (Å²) in [5.74, 6) is -7.80. The Bertz CT molecular complexity index is 975. The molecule has 0 nitrogen and oxygen atoms in total. The molecule has 0 heterocycles. The minimum Gasteiger partial charge on any atom is -0.206 e. The lowest BCUT2D eigenvalue weighted by Gasteiger charge is -2.28. The summed E-state index contributed by atoms with van der Waals surface area (Å²) in [6, 6.07) is 2.80. The van der Waals surface area contributed by atoms with Crippen molar-refractivity contribution in [3.63, 3.8) is 0 Å². The lowest BCUT2D eigenvalue weighted by Crippen LogP contribution is -2.14. The van der Waals surface area contributed by atoms with Gasteiger partial charge < -0.3 is 0 Å². The van der Waals surface area contributed by atoms with Crippen LogP contribution in [0.4, 0.5) is 35.1 Å². The van der Waals surface area contributed by atoms with E-state index in [-0.39, 0.29) is 18.1 Å². The fourth-order valence-electron chi connectivity index (χ4n) is 4.35. The summed E-state index contributed by atoms with van der Waals surface area (Å²) in [5.41, 5.74) is -3.48. The van der Waals surface area contributed by atoms with Crippen molar-refractivity contribution in [2.45, 2.75) is 57.5 Å². The number of halogens is 8. The van der Waals surface area contributed by atoms with Gasteiger partial charge in [0.25, 0.3) is 0 Å². The van der Waals surface area contributed by atoms with Crippen LogP contribution in [0, 0.1) is 23.4 Å². The van der Waals surface area contributed by atoms with Crippen LogP contribution in [-0.2, 0) is 6.18 Å². The fourth-order valence-corrected chi connectivity index (χ4v) is 4.35. The molecular weight excluding hydrogens is 440 g/mol. The molecule has 1 aliphatic rings. The lowest BCUT2D eigenvalue weighted by molar-refractivity contribution is -0.140. The largest absolute Gasteiger partial charge is 0.419 e. The summed E-state index contributed by atoms with van der Waals surface area (Å²) in [6.45, 7) is 2.09. The molecule has 32 heavy (non-hydrogen) atoms. The van der Waals surface area contributed by atoms with Crippen LogP contribution in [0.15, 0.2) is 30.3 Å². The SMILES string of the molecule is CCCC1CCC(c2cc(F)c(C(F)=C(F)c3ccc(C(F)(F)F)c(F)c3)c(F)c2)CC1. The molecule has 0 atom stereocenters. The van der Waals surface area contributed by atoms with Gasteiger partial charge in [-0.3, -0.25) is 0 Å². The summed E-state index contributed by atoms with van der Waals surface area (Å²) < 4.78 is 110. The standard InChI is InChI=1S/C24H22F8/c1-2-3-13-4-6-14(7-5-13)16-11-19(26)21(20(27)12-16)23(29)22(28)15-8-9-17(18(25)10-15)24(30,31)32/h8-14H,2-7H2,1H3. The zero-order valence-corrected chi connectivity index (χ0v) is 17.3. The average Bonchev–Trinajstić information content (AvgIpc) is 2.72. The molecule has 0 radical (unpaired) electrons. The summed E-state index contributed by atoms with van der Waals surface area (Å²) in [5, 5.41) is 0. The van der Waals surface area contributed by atoms with Crippen molar-refractivity contribution < 1.29 is 35.1 Å². The Hall–Kier alpha value is -2.38. The first-order chi connectivity index (χ1) is 15.0. The third kappa shape index (κ3) is 5.15. The summed E-state index contributed by atoms with van der Waals surface area (Å²) in [7, 11) is 0. The van der Waals surface area contributed by atoms with Crippen molar-refractivity contribution in [1.29, 1.82) is 0 Å². The lowest BCUT2D eigenvalue weighted by atomic mass is 9.77. The zero-order chi connectivity index (χ0) is 23.6. The van der Waals surface area contributed by atoms with E-state index in [1.807, 2.05) is 0 Å². The first-order valence-electron chi connectivity index (χ1n) is 10.4. The number of benzene rings is 2. The van der Waals surface area contributed by atoms with E-state index in [4.69, 9.17) is 0 Å². The van der Waals surface area contributed by atoms with Gasteiger partial charge in [-0.25, -0.2) is 22.0 Å². The second-order valence-electron chi connectivity index (χ2n) is 8.19. The molecule has 8 heteroatoms. The monoisotopic (exact) mass is 462 g/mol. The van der Waals surface area contributed by atoms with E-state index in [1.54, 1.807) is 0 Å².